The van der Waals surface area contributed by atoms with Gasteiger partial charge in [0.2, 0.25) is 0 Å². The van der Waals surface area contributed by atoms with Crippen LogP contribution in [-0.2, 0) is 17.8 Å². The molecule has 1 heterocycles. The highest BCUT2D eigenvalue weighted by atomic mass is 16.5. The standard InChI is InChI=1S/C14H26N2O2/c1-11(2)9-16(5-6-17-4)10-14-7-13(8-15)12(3)18-14/h7,11H,5-6,8-10,15H2,1-4H3. The molecule has 0 aliphatic rings. The molecule has 0 amide bonds. The number of nitrogens with two attached hydrogens (primary N) is 1. The zero-order valence-corrected chi connectivity index (χ0v) is 12.0. The quantitative estimate of drug-likeness (QED) is 0.772. The normalized spacial score (nSPS) is 11.7. The van der Waals surface area contributed by atoms with Crippen molar-refractivity contribution in [3.63, 3.8) is 0 Å². The van der Waals surface area contributed by atoms with E-state index in [9.17, 15) is 0 Å². The minimum atomic E-state index is 0.539. The lowest BCUT2D eigenvalue weighted by molar-refractivity contribution is 0.130. The van der Waals surface area contributed by atoms with E-state index in [4.69, 9.17) is 14.9 Å². The molecule has 0 atom stereocenters. The van der Waals surface area contributed by atoms with Crippen LogP contribution < -0.4 is 5.73 Å². The predicted molar refractivity (Wildman–Crippen MR) is 73.3 cm³/mol. The Morgan fingerprint density at radius 2 is 2.17 bits per heavy atom. The molecule has 0 aliphatic heterocycles. The molecule has 4 nitrogen and oxygen atoms in total. The van der Waals surface area contributed by atoms with E-state index < -0.39 is 0 Å². The van der Waals surface area contributed by atoms with E-state index in [0.717, 1.165) is 43.3 Å². The summed E-state index contributed by atoms with van der Waals surface area (Å²) >= 11 is 0. The van der Waals surface area contributed by atoms with Gasteiger partial charge in [0.15, 0.2) is 0 Å². The van der Waals surface area contributed by atoms with Gasteiger partial charge in [0.1, 0.15) is 11.5 Å². The Kier molecular flexibility index (Phi) is 6.39. The first-order valence-electron chi connectivity index (χ1n) is 6.56. The van der Waals surface area contributed by atoms with Gasteiger partial charge < -0.3 is 14.9 Å². The molecule has 0 aromatic carbocycles. The molecule has 0 saturated carbocycles. The Morgan fingerprint density at radius 1 is 1.44 bits per heavy atom. The number of hydrogen-bond donors (Lipinski definition) is 1. The minimum absolute atomic E-state index is 0.539. The zero-order valence-electron chi connectivity index (χ0n) is 12.0. The van der Waals surface area contributed by atoms with Crippen molar-refractivity contribution < 1.29 is 9.15 Å². The summed E-state index contributed by atoms with van der Waals surface area (Å²) in [5, 5.41) is 0. The van der Waals surface area contributed by atoms with Gasteiger partial charge >= 0.3 is 0 Å². The summed E-state index contributed by atoms with van der Waals surface area (Å²) < 4.78 is 10.9. The first-order chi connectivity index (χ1) is 8.56. The van der Waals surface area contributed by atoms with Crippen molar-refractivity contribution in [3.8, 4) is 0 Å². The van der Waals surface area contributed by atoms with Gasteiger partial charge in [0.25, 0.3) is 0 Å². The molecule has 0 bridgehead atoms. The fourth-order valence-corrected chi connectivity index (χ4v) is 2.06. The van der Waals surface area contributed by atoms with E-state index in [-0.39, 0.29) is 0 Å². The molecule has 0 aliphatic carbocycles. The molecular formula is C14H26N2O2. The van der Waals surface area contributed by atoms with E-state index in [1.54, 1.807) is 7.11 Å². The summed E-state index contributed by atoms with van der Waals surface area (Å²) in [6, 6.07) is 2.06. The number of hydrogen-bond acceptors (Lipinski definition) is 4. The van der Waals surface area contributed by atoms with Gasteiger partial charge in [-0.25, -0.2) is 0 Å². The largest absolute Gasteiger partial charge is 0.465 e. The maximum Gasteiger partial charge on any atom is 0.118 e. The van der Waals surface area contributed by atoms with Crippen LogP contribution in [0.15, 0.2) is 10.5 Å². The third-order valence-electron chi connectivity index (χ3n) is 2.91. The van der Waals surface area contributed by atoms with Crippen LogP contribution in [0.2, 0.25) is 0 Å². The van der Waals surface area contributed by atoms with Gasteiger partial charge in [-0.2, -0.15) is 0 Å². The van der Waals surface area contributed by atoms with E-state index in [2.05, 4.69) is 24.8 Å². The average Bonchev–Trinajstić information content (AvgIpc) is 2.65. The van der Waals surface area contributed by atoms with Gasteiger partial charge in [0.05, 0.1) is 13.2 Å². The molecule has 4 heteroatoms. The lowest BCUT2D eigenvalue weighted by Gasteiger charge is -2.22. The summed E-state index contributed by atoms with van der Waals surface area (Å²) in [6.45, 7) is 10.5. The van der Waals surface area contributed by atoms with Crippen LogP contribution in [0.4, 0.5) is 0 Å². The minimum Gasteiger partial charge on any atom is -0.465 e. The molecule has 0 radical (unpaired) electrons. The highest BCUT2D eigenvalue weighted by molar-refractivity contribution is 5.20. The van der Waals surface area contributed by atoms with Crippen molar-refractivity contribution in [3.05, 3.63) is 23.2 Å². The Bertz CT molecular complexity index is 348. The van der Waals surface area contributed by atoms with Crippen molar-refractivity contribution in [2.24, 2.45) is 11.7 Å². The first kappa shape index (κ1) is 15.2. The number of nitrogens with zero attached hydrogens (tertiary/aromatic N) is 1. The maximum absolute atomic E-state index is 5.74. The molecule has 2 N–H and O–H groups in total. The van der Waals surface area contributed by atoms with Crippen LogP contribution in [0.3, 0.4) is 0 Å². The topological polar surface area (TPSA) is 51.6 Å². The molecule has 1 aromatic heterocycles. The van der Waals surface area contributed by atoms with Crippen LogP contribution in [0, 0.1) is 12.8 Å². The highest BCUT2D eigenvalue weighted by Crippen LogP contribution is 2.16. The Hall–Kier alpha value is -0.840. The summed E-state index contributed by atoms with van der Waals surface area (Å²) in [5.41, 5.74) is 6.76. The summed E-state index contributed by atoms with van der Waals surface area (Å²) in [7, 11) is 1.73. The van der Waals surface area contributed by atoms with Gasteiger partial charge in [0, 0.05) is 32.3 Å². The van der Waals surface area contributed by atoms with E-state index in [1.165, 1.54) is 0 Å². The smallest absolute Gasteiger partial charge is 0.118 e. The SMILES string of the molecule is COCCN(Cc1cc(CN)c(C)o1)CC(C)C. The van der Waals surface area contributed by atoms with Crippen molar-refractivity contribution >= 4 is 0 Å². The van der Waals surface area contributed by atoms with Crippen molar-refractivity contribution in [2.45, 2.75) is 33.9 Å². The Morgan fingerprint density at radius 3 is 2.67 bits per heavy atom. The second-order valence-electron chi connectivity index (χ2n) is 5.12. The molecule has 1 rings (SSSR count). The molecule has 18 heavy (non-hydrogen) atoms. The third-order valence-corrected chi connectivity index (χ3v) is 2.91. The second-order valence-corrected chi connectivity index (χ2v) is 5.12. The third kappa shape index (κ3) is 4.80. The average molecular weight is 254 g/mol. The summed E-state index contributed by atoms with van der Waals surface area (Å²) in [5.74, 6) is 2.56. The van der Waals surface area contributed by atoms with Gasteiger partial charge in [-0.15, -0.1) is 0 Å². The van der Waals surface area contributed by atoms with E-state index in [1.807, 2.05) is 6.92 Å². The summed E-state index contributed by atoms with van der Waals surface area (Å²) in [4.78, 5) is 2.35. The van der Waals surface area contributed by atoms with E-state index in [0.29, 0.717) is 12.5 Å². The molecule has 104 valence electrons. The van der Waals surface area contributed by atoms with Crippen LogP contribution in [0.25, 0.3) is 0 Å². The molecule has 0 spiro atoms. The monoisotopic (exact) mass is 254 g/mol. The van der Waals surface area contributed by atoms with Crippen LogP contribution in [0.1, 0.15) is 30.9 Å². The van der Waals surface area contributed by atoms with Gasteiger partial charge in [-0.1, -0.05) is 13.8 Å². The van der Waals surface area contributed by atoms with Crippen LogP contribution >= 0.6 is 0 Å². The van der Waals surface area contributed by atoms with Crippen molar-refractivity contribution in [1.82, 2.24) is 4.90 Å². The van der Waals surface area contributed by atoms with Crippen LogP contribution in [0.5, 0.6) is 0 Å². The van der Waals surface area contributed by atoms with Crippen molar-refractivity contribution in [1.29, 1.82) is 0 Å². The fourth-order valence-electron chi connectivity index (χ4n) is 2.06. The number of rotatable bonds is 8. The molecule has 0 saturated heterocycles. The second kappa shape index (κ2) is 7.56. The molecule has 0 unspecified atom stereocenters. The highest BCUT2D eigenvalue weighted by Gasteiger charge is 2.12. The number of furan rings is 1. The van der Waals surface area contributed by atoms with E-state index >= 15 is 0 Å². The molecular weight excluding hydrogens is 228 g/mol. The first-order valence-corrected chi connectivity index (χ1v) is 6.56. The lowest BCUT2D eigenvalue weighted by atomic mass is 10.2. The number of ether oxygens (including phenoxy) is 1. The zero-order chi connectivity index (χ0) is 13.5. The fraction of sp³-hybridized carbons (Fsp3) is 0.714. The summed E-state index contributed by atoms with van der Waals surface area (Å²) in [6.07, 6.45) is 0. The number of aryl methyl sites for hydroxylation is 1. The van der Waals surface area contributed by atoms with Crippen LogP contribution in [-0.4, -0.2) is 31.7 Å². The Balaban J connectivity index is 2.62. The number of methoxy groups -OCH3 is 1. The predicted octanol–water partition coefficient (Wildman–Crippen LogP) is 2.15. The van der Waals surface area contributed by atoms with Gasteiger partial charge in [-0.3, -0.25) is 4.90 Å². The van der Waals surface area contributed by atoms with Crippen molar-refractivity contribution in [2.75, 3.05) is 26.8 Å². The lowest BCUT2D eigenvalue weighted by Crippen LogP contribution is -2.30. The Labute approximate surface area is 110 Å². The maximum atomic E-state index is 5.74. The van der Waals surface area contributed by atoms with Gasteiger partial charge in [-0.05, 0) is 18.9 Å². The molecule has 0 fully saturated rings. The molecule has 1 aromatic rings.